The van der Waals surface area contributed by atoms with Crippen molar-refractivity contribution < 1.29 is 29.7 Å². The molecule has 4 rings (SSSR count). The molecule has 1 aliphatic heterocycles. The fourth-order valence-electron chi connectivity index (χ4n) is 4.43. The number of carbonyl (C=O) groups is 3. The van der Waals surface area contributed by atoms with Crippen LogP contribution in [0.4, 0.5) is 0 Å². The summed E-state index contributed by atoms with van der Waals surface area (Å²) >= 11 is 0. The summed E-state index contributed by atoms with van der Waals surface area (Å²) in [5.41, 5.74) is 3.47. The van der Waals surface area contributed by atoms with E-state index in [1.165, 1.54) is 11.1 Å². The Morgan fingerprint density at radius 3 is 2.03 bits per heavy atom. The Morgan fingerprint density at radius 1 is 0.935 bits per heavy atom. The van der Waals surface area contributed by atoms with Gasteiger partial charge in [0.2, 0.25) is 0 Å². The molecule has 1 aliphatic carbocycles. The van der Waals surface area contributed by atoms with Gasteiger partial charge in [0.25, 0.3) is 0 Å². The third kappa shape index (κ3) is 5.59. The van der Waals surface area contributed by atoms with Gasteiger partial charge in [-0.05, 0) is 49.5 Å². The Bertz CT molecular complexity index is 933. The van der Waals surface area contributed by atoms with Gasteiger partial charge in [-0.25, -0.2) is 9.59 Å². The molecule has 2 unspecified atom stereocenters. The number of ketones is 1. The summed E-state index contributed by atoms with van der Waals surface area (Å²) in [6.07, 6.45) is 6.96. The van der Waals surface area contributed by atoms with Crippen molar-refractivity contribution >= 4 is 17.7 Å². The largest absolute Gasteiger partial charge is 0.473 e. The van der Waals surface area contributed by atoms with E-state index < -0.39 is 11.9 Å². The molecular formula is C23H28N2O6. The van der Waals surface area contributed by atoms with Crippen LogP contribution in [0, 0.1) is 5.92 Å². The van der Waals surface area contributed by atoms with Crippen molar-refractivity contribution in [1.29, 1.82) is 0 Å². The van der Waals surface area contributed by atoms with Gasteiger partial charge in [0.1, 0.15) is 0 Å². The van der Waals surface area contributed by atoms with Crippen molar-refractivity contribution in [3.8, 4) is 0 Å². The average Bonchev–Trinajstić information content (AvgIpc) is 3.19. The minimum absolute atomic E-state index is 0.117. The molecule has 0 amide bonds. The number of carboxylic acid groups (broad SMARTS) is 2. The van der Waals surface area contributed by atoms with Crippen LogP contribution in [0.3, 0.4) is 0 Å². The molecule has 0 saturated carbocycles. The minimum atomic E-state index is -1.82. The topological polar surface area (TPSA) is 120 Å². The number of hydrogen-bond donors (Lipinski definition) is 3. The van der Waals surface area contributed by atoms with E-state index in [2.05, 4.69) is 23.1 Å². The summed E-state index contributed by atoms with van der Waals surface area (Å²) in [5.74, 6) is -3.26. The SMILES string of the molecule is Cn1ccc(C(=O)C2CCN(C3Cc4ccccc4CC3O)CC2)c1.O=C(O)C(=O)O. The number of likely N-dealkylation sites (tertiary alicyclic amines) is 1. The number of aryl methyl sites for hydroxylation is 1. The Kier molecular flexibility index (Phi) is 7.25. The second-order valence-corrected chi connectivity index (χ2v) is 8.16. The maximum Gasteiger partial charge on any atom is 0.414 e. The summed E-state index contributed by atoms with van der Waals surface area (Å²) in [6, 6.07) is 10.5. The normalized spacial score (nSPS) is 21.5. The fraction of sp³-hybridized carbons (Fsp3) is 0.435. The zero-order valence-corrected chi connectivity index (χ0v) is 17.5. The lowest BCUT2D eigenvalue weighted by Crippen LogP contribution is -2.51. The Hall–Kier alpha value is -2.97. The Labute approximate surface area is 180 Å². The van der Waals surface area contributed by atoms with E-state index in [4.69, 9.17) is 19.8 Å². The molecule has 1 aromatic heterocycles. The van der Waals surface area contributed by atoms with Gasteiger partial charge in [-0.1, -0.05) is 24.3 Å². The number of aliphatic hydroxyl groups is 1. The summed E-state index contributed by atoms with van der Waals surface area (Å²) in [6.45, 7) is 1.79. The summed E-state index contributed by atoms with van der Waals surface area (Å²) in [5, 5.41) is 25.4. The van der Waals surface area contributed by atoms with Crippen LogP contribution in [-0.4, -0.2) is 67.7 Å². The lowest BCUT2D eigenvalue weighted by Gasteiger charge is -2.41. The number of aliphatic carboxylic acids is 2. The number of piperidine rings is 1. The molecule has 3 N–H and O–H groups in total. The maximum atomic E-state index is 12.6. The fourth-order valence-corrected chi connectivity index (χ4v) is 4.43. The molecule has 1 saturated heterocycles. The third-order valence-corrected chi connectivity index (χ3v) is 6.09. The average molecular weight is 428 g/mol. The van der Waals surface area contributed by atoms with Crippen LogP contribution in [-0.2, 0) is 29.5 Å². The first-order valence-corrected chi connectivity index (χ1v) is 10.4. The third-order valence-electron chi connectivity index (χ3n) is 6.09. The summed E-state index contributed by atoms with van der Waals surface area (Å²) < 4.78 is 1.93. The van der Waals surface area contributed by atoms with E-state index in [1.807, 2.05) is 36.1 Å². The lowest BCUT2D eigenvalue weighted by molar-refractivity contribution is -0.159. The zero-order chi connectivity index (χ0) is 22.5. The van der Waals surface area contributed by atoms with Crippen LogP contribution in [0.15, 0.2) is 42.7 Å². The number of aromatic nitrogens is 1. The molecule has 0 radical (unpaired) electrons. The molecule has 2 atom stereocenters. The molecule has 0 bridgehead atoms. The Balaban J connectivity index is 0.000000401. The van der Waals surface area contributed by atoms with Crippen LogP contribution in [0.2, 0.25) is 0 Å². The highest BCUT2D eigenvalue weighted by Crippen LogP contribution is 2.29. The van der Waals surface area contributed by atoms with E-state index in [0.717, 1.165) is 44.3 Å². The van der Waals surface area contributed by atoms with Crippen molar-refractivity contribution in [2.75, 3.05) is 13.1 Å². The number of carbonyl (C=O) groups excluding carboxylic acids is 1. The molecule has 166 valence electrons. The van der Waals surface area contributed by atoms with Crippen molar-refractivity contribution in [1.82, 2.24) is 9.47 Å². The van der Waals surface area contributed by atoms with Crippen molar-refractivity contribution in [2.24, 2.45) is 13.0 Å². The van der Waals surface area contributed by atoms with E-state index in [9.17, 15) is 9.90 Å². The smallest absolute Gasteiger partial charge is 0.414 e. The standard InChI is InChI=1S/C21H26N2O2.C2H2O4/c1-22-9-6-18(14-22)21(25)15-7-10-23(11-8-15)19-12-16-4-2-3-5-17(16)13-20(19)24;3-1(4)2(5)6/h2-6,9,14-15,19-20,24H,7-8,10-13H2,1H3;(H,3,4)(H,5,6). The van der Waals surface area contributed by atoms with Gasteiger partial charge in [-0.15, -0.1) is 0 Å². The van der Waals surface area contributed by atoms with Crippen molar-refractivity contribution in [2.45, 2.75) is 37.8 Å². The van der Waals surface area contributed by atoms with E-state index >= 15 is 0 Å². The molecular weight excluding hydrogens is 400 g/mol. The van der Waals surface area contributed by atoms with Crippen molar-refractivity contribution in [3.05, 3.63) is 59.4 Å². The predicted octanol–water partition coefficient (Wildman–Crippen LogP) is 1.60. The number of hydrogen-bond acceptors (Lipinski definition) is 5. The first-order valence-electron chi connectivity index (χ1n) is 10.4. The molecule has 8 nitrogen and oxygen atoms in total. The predicted molar refractivity (Wildman–Crippen MR) is 113 cm³/mol. The van der Waals surface area contributed by atoms with Gasteiger partial charge < -0.3 is 19.9 Å². The van der Waals surface area contributed by atoms with E-state index in [1.54, 1.807) is 0 Å². The van der Waals surface area contributed by atoms with Gasteiger partial charge in [0.05, 0.1) is 6.10 Å². The minimum Gasteiger partial charge on any atom is -0.473 e. The van der Waals surface area contributed by atoms with Crippen LogP contribution < -0.4 is 0 Å². The van der Waals surface area contributed by atoms with Crippen molar-refractivity contribution in [3.63, 3.8) is 0 Å². The van der Waals surface area contributed by atoms with Crippen LogP contribution in [0.1, 0.15) is 34.3 Å². The number of Topliss-reactive ketones (excluding diaryl/α,β-unsaturated/α-hetero) is 1. The molecule has 2 aromatic rings. The number of rotatable bonds is 3. The molecule has 1 fully saturated rings. The number of aliphatic hydroxyl groups excluding tert-OH is 1. The molecule has 8 heteroatoms. The van der Waals surface area contributed by atoms with Gasteiger partial charge in [0, 0.05) is 43.4 Å². The summed E-state index contributed by atoms with van der Waals surface area (Å²) in [7, 11) is 1.95. The number of nitrogens with zero attached hydrogens (tertiary/aromatic N) is 2. The maximum absolute atomic E-state index is 12.6. The number of carboxylic acids is 2. The first-order chi connectivity index (χ1) is 14.8. The van der Waals surface area contributed by atoms with Gasteiger partial charge in [-0.3, -0.25) is 9.69 Å². The van der Waals surface area contributed by atoms with E-state index in [0.29, 0.717) is 0 Å². The molecule has 0 spiro atoms. The second kappa shape index (κ2) is 9.89. The second-order valence-electron chi connectivity index (χ2n) is 8.16. The quantitative estimate of drug-likeness (QED) is 0.502. The van der Waals surface area contributed by atoms with E-state index in [-0.39, 0.29) is 23.8 Å². The summed E-state index contributed by atoms with van der Waals surface area (Å²) in [4.78, 5) is 33.2. The molecule has 2 heterocycles. The van der Waals surface area contributed by atoms with Crippen LogP contribution >= 0.6 is 0 Å². The highest BCUT2D eigenvalue weighted by atomic mass is 16.4. The van der Waals surface area contributed by atoms with Gasteiger partial charge in [0.15, 0.2) is 5.78 Å². The number of fused-ring (bicyclic) bond motifs is 1. The van der Waals surface area contributed by atoms with Gasteiger partial charge in [-0.2, -0.15) is 0 Å². The monoisotopic (exact) mass is 428 g/mol. The zero-order valence-electron chi connectivity index (χ0n) is 17.5. The number of benzene rings is 1. The highest BCUT2D eigenvalue weighted by molar-refractivity contribution is 6.27. The van der Waals surface area contributed by atoms with Crippen LogP contribution in [0.25, 0.3) is 0 Å². The Morgan fingerprint density at radius 2 is 1.52 bits per heavy atom. The molecule has 2 aliphatic rings. The molecule has 31 heavy (non-hydrogen) atoms. The highest BCUT2D eigenvalue weighted by Gasteiger charge is 2.35. The first kappa shape index (κ1) is 22.7. The lowest BCUT2D eigenvalue weighted by atomic mass is 9.83. The van der Waals surface area contributed by atoms with Crippen LogP contribution in [0.5, 0.6) is 0 Å². The molecule has 1 aromatic carbocycles. The van der Waals surface area contributed by atoms with Gasteiger partial charge >= 0.3 is 11.9 Å².